The van der Waals surface area contributed by atoms with E-state index in [0.717, 1.165) is 38.1 Å². The van der Waals surface area contributed by atoms with Crippen molar-refractivity contribution in [2.45, 2.75) is 44.5 Å². The molecule has 0 bridgehead atoms. The smallest absolute Gasteiger partial charge is 0.138 e. The fraction of sp³-hybridized carbons (Fsp3) is 0.500. The molecule has 106 valence electrons. The summed E-state index contributed by atoms with van der Waals surface area (Å²) in [7, 11) is 0. The van der Waals surface area contributed by atoms with E-state index in [4.69, 9.17) is 11.6 Å². The van der Waals surface area contributed by atoms with E-state index in [9.17, 15) is 0 Å². The Kier molecular flexibility index (Phi) is 4.06. The Morgan fingerprint density at radius 2 is 2.20 bits per heavy atom. The predicted octanol–water partition coefficient (Wildman–Crippen LogP) is 3.77. The second kappa shape index (κ2) is 5.96. The van der Waals surface area contributed by atoms with E-state index in [2.05, 4.69) is 41.3 Å². The summed E-state index contributed by atoms with van der Waals surface area (Å²) in [5, 5.41) is 4.39. The van der Waals surface area contributed by atoms with Gasteiger partial charge in [-0.25, -0.2) is 4.98 Å². The van der Waals surface area contributed by atoms with Gasteiger partial charge in [-0.05, 0) is 36.3 Å². The first kappa shape index (κ1) is 13.6. The minimum absolute atomic E-state index is 0.0896. The molecule has 0 amide bonds. The van der Waals surface area contributed by atoms with Crippen LogP contribution in [0.3, 0.4) is 0 Å². The molecule has 1 aliphatic carbocycles. The Labute approximate surface area is 125 Å². The molecular weight excluding hydrogens is 270 g/mol. The molecule has 1 aromatic heterocycles. The second-order valence-electron chi connectivity index (χ2n) is 5.50. The Morgan fingerprint density at radius 3 is 3.05 bits per heavy atom. The largest absolute Gasteiger partial charge is 0.250 e. The maximum Gasteiger partial charge on any atom is 0.138 e. The Bertz CT molecular complexity index is 579. The fourth-order valence-electron chi connectivity index (χ4n) is 3.06. The highest BCUT2D eigenvalue weighted by molar-refractivity contribution is 6.21. The van der Waals surface area contributed by atoms with Crippen LogP contribution in [-0.2, 0) is 19.4 Å². The van der Waals surface area contributed by atoms with Crippen molar-refractivity contribution >= 4 is 11.6 Å². The van der Waals surface area contributed by atoms with Crippen LogP contribution in [0, 0.1) is 5.92 Å². The fourth-order valence-corrected chi connectivity index (χ4v) is 3.48. The summed E-state index contributed by atoms with van der Waals surface area (Å²) < 4.78 is 2.02. The van der Waals surface area contributed by atoms with Gasteiger partial charge in [0.1, 0.15) is 12.2 Å². The molecule has 2 unspecified atom stereocenters. The molecule has 2 aromatic rings. The minimum Gasteiger partial charge on any atom is -0.250 e. The maximum atomic E-state index is 6.70. The topological polar surface area (TPSA) is 30.7 Å². The van der Waals surface area contributed by atoms with E-state index >= 15 is 0 Å². The second-order valence-corrected chi connectivity index (χ2v) is 5.97. The number of fused-ring (bicyclic) bond motifs is 1. The Morgan fingerprint density at radius 1 is 1.35 bits per heavy atom. The van der Waals surface area contributed by atoms with Crippen LogP contribution in [0.5, 0.6) is 0 Å². The van der Waals surface area contributed by atoms with E-state index in [1.807, 2.05) is 4.68 Å². The van der Waals surface area contributed by atoms with Gasteiger partial charge in [-0.15, -0.1) is 11.6 Å². The minimum atomic E-state index is 0.0896. The lowest BCUT2D eigenvalue weighted by Gasteiger charge is -2.29. The van der Waals surface area contributed by atoms with E-state index in [1.54, 1.807) is 6.33 Å². The number of aromatic nitrogens is 3. The molecule has 0 fully saturated rings. The van der Waals surface area contributed by atoms with Crippen molar-refractivity contribution < 1.29 is 0 Å². The van der Waals surface area contributed by atoms with Crippen molar-refractivity contribution in [1.29, 1.82) is 0 Å². The van der Waals surface area contributed by atoms with Gasteiger partial charge in [0.15, 0.2) is 0 Å². The molecule has 0 saturated heterocycles. The first-order valence-corrected chi connectivity index (χ1v) is 7.81. The van der Waals surface area contributed by atoms with Gasteiger partial charge in [-0.1, -0.05) is 31.2 Å². The van der Waals surface area contributed by atoms with E-state index in [1.165, 1.54) is 11.1 Å². The van der Waals surface area contributed by atoms with Crippen molar-refractivity contribution in [3.05, 3.63) is 47.5 Å². The lowest BCUT2D eigenvalue weighted by atomic mass is 9.81. The summed E-state index contributed by atoms with van der Waals surface area (Å²) in [6.07, 6.45) is 5.90. The summed E-state index contributed by atoms with van der Waals surface area (Å²) >= 11 is 6.70. The van der Waals surface area contributed by atoms with Gasteiger partial charge < -0.3 is 0 Å². The Balaban J connectivity index is 1.77. The number of hydrogen-bond acceptors (Lipinski definition) is 2. The summed E-state index contributed by atoms with van der Waals surface area (Å²) in [6.45, 7) is 3.10. The molecule has 0 radical (unpaired) electrons. The van der Waals surface area contributed by atoms with Gasteiger partial charge >= 0.3 is 0 Å². The van der Waals surface area contributed by atoms with Gasteiger partial charge in [-0.2, -0.15) is 5.10 Å². The van der Waals surface area contributed by atoms with E-state index in [0.29, 0.717) is 5.92 Å². The average Bonchev–Trinajstić information content (AvgIpc) is 2.90. The van der Waals surface area contributed by atoms with E-state index < -0.39 is 0 Å². The van der Waals surface area contributed by atoms with Crippen LogP contribution in [0.4, 0.5) is 0 Å². The first-order chi connectivity index (χ1) is 9.79. The standard InChI is InChI=1S/C16H20ClN3/c1-2-9-20-15(18-11-19-20)10-13-8-7-12-5-3-4-6-14(12)16(13)17/h3-6,11,13,16H,2,7-10H2,1H3. The van der Waals surface area contributed by atoms with Crippen LogP contribution in [0.1, 0.15) is 42.1 Å². The molecule has 2 atom stereocenters. The number of benzene rings is 1. The molecule has 0 saturated carbocycles. The van der Waals surface area contributed by atoms with Crippen LogP contribution in [0.25, 0.3) is 0 Å². The third-order valence-electron chi connectivity index (χ3n) is 4.13. The van der Waals surface area contributed by atoms with Gasteiger partial charge in [-0.3, -0.25) is 4.68 Å². The molecule has 20 heavy (non-hydrogen) atoms. The Hall–Kier alpha value is -1.35. The predicted molar refractivity (Wildman–Crippen MR) is 80.9 cm³/mol. The van der Waals surface area contributed by atoms with Crippen molar-refractivity contribution in [3.63, 3.8) is 0 Å². The summed E-state index contributed by atoms with van der Waals surface area (Å²) in [5.74, 6) is 1.52. The molecule has 1 aromatic carbocycles. The highest BCUT2D eigenvalue weighted by Crippen LogP contribution is 2.40. The molecule has 1 aliphatic rings. The molecule has 0 spiro atoms. The molecule has 3 nitrogen and oxygen atoms in total. The van der Waals surface area contributed by atoms with Crippen molar-refractivity contribution in [2.75, 3.05) is 0 Å². The summed E-state index contributed by atoms with van der Waals surface area (Å²) in [5.41, 5.74) is 2.70. The zero-order chi connectivity index (χ0) is 13.9. The normalized spacial score (nSPS) is 21.7. The van der Waals surface area contributed by atoms with Gasteiger partial charge in [0, 0.05) is 13.0 Å². The zero-order valence-electron chi connectivity index (χ0n) is 11.8. The van der Waals surface area contributed by atoms with Gasteiger partial charge in [0.2, 0.25) is 0 Å². The maximum absolute atomic E-state index is 6.70. The van der Waals surface area contributed by atoms with Crippen LogP contribution in [-0.4, -0.2) is 14.8 Å². The highest BCUT2D eigenvalue weighted by Gasteiger charge is 2.28. The van der Waals surface area contributed by atoms with Crippen LogP contribution in [0.2, 0.25) is 0 Å². The van der Waals surface area contributed by atoms with Gasteiger partial charge in [0.25, 0.3) is 0 Å². The molecule has 4 heteroatoms. The number of hydrogen-bond donors (Lipinski definition) is 0. The van der Waals surface area contributed by atoms with Crippen LogP contribution in [0.15, 0.2) is 30.6 Å². The lowest BCUT2D eigenvalue weighted by Crippen LogP contribution is -2.21. The quantitative estimate of drug-likeness (QED) is 0.802. The average molecular weight is 290 g/mol. The lowest BCUT2D eigenvalue weighted by molar-refractivity contribution is 0.418. The third kappa shape index (κ3) is 2.59. The summed E-state index contributed by atoms with van der Waals surface area (Å²) in [4.78, 5) is 4.41. The molecule has 3 rings (SSSR count). The number of alkyl halides is 1. The van der Waals surface area contributed by atoms with Crippen molar-refractivity contribution in [3.8, 4) is 0 Å². The molecule has 1 heterocycles. The number of nitrogens with zero attached hydrogens (tertiary/aromatic N) is 3. The van der Waals surface area contributed by atoms with Gasteiger partial charge in [0.05, 0.1) is 5.38 Å². The zero-order valence-corrected chi connectivity index (χ0v) is 12.6. The molecular formula is C16H20ClN3. The monoisotopic (exact) mass is 289 g/mol. The number of rotatable bonds is 4. The van der Waals surface area contributed by atoms with E-state index in [-0.39, 0.29) is 5.38 Å². The molecule has 0 aliphatic heterocycles. The van der Waals surface area contributed by atoms with Crippen molar-refractivity contribution in [2.24, 2.45) is 5.92 Å². The third-order valence-corrected chi connectivity index (χ3v) is 4.72. The van der Waals surface area contributed by atoms with Crippen LogP contribution < -0.4 is 0 Å². The first-order valence-electron chi connectivity index (χ1n) is 7.38. The number of aryl methyl sites for hydroxylation is 2. The van der Waals surface area contributed by atoms with Crippen molar-refractivity contribution in [1.82, 2.24) is 14.8 Å². The number of halogens is 1. The molecule has 0 N–H and O–H groups in total. The highest BCUT2D eigenvalue weighted by atomic mass is 35.5. The SMILES string of the molecule is CCCn1ncnc1CC1CCc2ccccc2C1Cl. The van der Waals surface area contributed by atoms with Crippen LogP contribution >= 0.6 is 11.6 Å². The summed E-state index contributed by atoms with van der Waals surface area (Å²) in [6, 6.07) is 8.53.